The number of methoxy groups -OCH3 is 1. The molecule has 134 valence electrons. The Hall–Kier alpha value is -3.06. The number of hydrazine groups is 1. The monoisotopic (exact) mass is 373 g/mol. The molecule has 1 heterocycles. The number of fused-ring (bicyclic) bond motifs is 1. The molecule has 0 unspecified atom stereocenters. The quantitative estimate of drug-likeness (QED) is 0.671. The second-order valence-corrected chi connectivity index (χ2v) is 5.86. The maximum absolute atomic E-state index is 12.2. The fourth-order valence-electron chi connectivity index (χ4n) is 2.36. The number of hydrogen-bond donors (Lipinski definition) is 2. The molecular formula is C18H16ClN3O4. The van der Waals surface area contributed by atoms with Crippen molar-refractivity contribution >= 4 is 34.5 Å². The lowest BCUT2D eigenvalue weighted by Gasteiger charge is -2.10. The molecule has 2 N–H and O–H groups in total. The Morgan fingerprint density at radius 1 is 1.19 bits per heavy atom. The lowest BCUT2D eigenvalue weighted by Crippen LogP contribution is -2.41. The summed E-state index contributed by atoms with van der Waals surface area (Å²) in [5, 5.41) is 0.387. The maximum Gasteiger partial charge on any atom is 0.273 e. The van der Waals surface area contributed by atoms with Crippen molar-refractivity contribution in [3.05, 3.63) is 58.9 Å². The van der Waals surface area contributed by atoms with Gasteiger partial charge in [-0.15, -0.1) is 0 Å². The molecule has 8 heteroatoms. The van der Waals surface area contributed by atoms with Gasteiger partial charge in [-0.3, -0.25) is 20.4 Å². The lowest BCUT2D eigenvalue weighted by molar-refractivity contribution is -0.121. The van der Waals surface area contributed by atoms with Crippen molar-refractivity contribution in [3.63, 3.8) is 0 Å². The van der Waals surface area contributed by atoms with E-state index in [1.165, 1.54) is 13.2 Å². The van der Waals surface area contributed by atoms with Crippen molar-refractivity contribution in [1.82, 2.24) is 15.8 Å². The molecule has 2 amide bonds. The molecule has 0 saturated heterocycles. The Bertz CT molecular complexity index is 922. The Kier molecular flexibility index (Phi) is 5.38. The van der Waals surface area contributed by atoms with Gasteiger partial charge in [0.2, 0.25) is 5.91 Å². The average Bonchev–Trinajstić information content (AvgIpc) is 3.07. The zero-order valence-corrected chi connectivity index (χ0v) is 14.7. The van der Waals surface area contributed by atoms with Gasteiger partial charge in [0, 0.05) is 17.9 Å². The van der Waals surface area contributed by atoms with Crippen LogP contribution in [0.3, 0.4) is 0 Å². The van der Waals surface area contributed by atoms with E-state index in [0.29, 0.717) is 28.7 Å². The summed E-state index contributed by atoms with van der Waals surface area (Å²) >= 11 is 5.89. The number of carbonyl (C=O) groups is 2. The molecule has 7 nitrogen and oxygen atoms in total. The topological polar surface area (TPSA) is 93.5 Å². The van der Waals surface area contributed by atoms with Crippen LogP contribution in [-0.4, -0.2) is 23.9 Å². The number of ether oxygens (including phenoxy) is 1. The van der Waals surface area contributed by atoms with Crippen LogP contribution in [0.1, 0.15) is 22.7 Å². The summed E-state index contributed by atoms with van der Waals surface area (Å²) in [5.74, 6) is -0.0852. The SMILES string of the molecule is COc1ccc(Cl)cc1C(=O)NNC(=O)CCc1nc2ccccc2o1. The number of para-hydroxylation sites is 2. The van der Waals surface area contributed by atoms with E-state index in [9.17, 15) is 9.59 Å². The number of nitrogens with zero attached hydrogens (tertiary/aromatic N) is 1. The Morgan fingerprint density at radius 3 is 2.77 bits per heavy atom. The molecule has 0 saturated carbocycles. The number of carbonyl (C=O) groups excluding carboxylic acids is 2. The number of rotatable bonds is 5. The van der Waals surface area contributed by atoms with Crippen molar-refractivity contribution in [1.29, 1.82) is 0 Å². The first-order chi connectivity index (χ1) is 12.6. The zero-order valence-electron chi connectivity index (χ0n) is 13.9. The van der Waals surface area contributed by atoms with Gasteiger partial charge in [-0.1, -0.05) is 23.7 Å². The Morgan fingerprint density at radius 2 is 2.00 bits per heavy atom. The van der Waals surface area contributed by atoms with Crippen LogP contribution < -0.4 is 15.6 Å². The summed E-state index contributed by atoms with van der Waals surface area (Å²) < 4.78 is 10.7. The van der Waals surface area contributed by atoms with E-state index < -0.39 is 5.91 Å². The molecule has 1 aromatic heterocycles. The number of aryl methyl sites for hydroxylation is 1. The summed E-state index contributed by atoms with van der Waals surface area (Å²) in [4.78, 5) is 28.4. The molecule has 0 fully saturated rings. The fourth-order valence-corrected chi connectivity index (χ4v) is 2.53. The molecular weight excluding hydrogens is 358 g/mol. The smallest absolute Gasteiger partial charge is 0.273 e. The molecule has 0 spiro atoms. The highest BCUT2D eigenvalue weighted by Gasteiger charge is 2.14. The molecule has 0 aliphatic rings. The first kappa shape index (κ1) is 17.8. The molecule has 26 heavy (non-hydrogen) atoms. The number of halogens is 1. The number of aromatic nitrogens is 1. The number of nitrogens with one attached hydrogen (secondary N) is 2. The summed E-state index contributed by atoms with van der Waals surface area (Å²) in [6.45, 7) is 0. The highest BCUT2D eigenvalue weighted by molar-refractivity contribution is 6.31. The standard InChI is InChI=1S/C18H16ClN3O4/c1-25-14-7-6-11(19)10-12(14)18(24)22-21-16(23)8-9-17-20-13-4-2-3-5-15(13)26-17/h2-7,10H,8-9H2,1H3,(H,21,23)(H,22,24). The molecule has 0 bridgehead atoms. The van der Waals surface area contributed by atoms with Crippen molar-refractivity contribution in [3.8, 4) is 5.75 Å². The van der Waals surface area contributed by atoms with Crippen LogP contribution in [0.4, 0.5) is 0 Å². The van der Waals surface area contributed by atoms with E-state index in [1.807, 2.05) is 24.3 Å². The fraction of sp³-hybridized carbons (Fsp3) is 0.167. The lowest BCUT2D eigenvalue weighted by atomic mass is 10.2. The first-order valence-electron chi connectivity index (χ1n) is 7.84. The summed E-state index contributed by atoms with van der Waals surface area (Å²) in [6.07, 6.45) is 0.427. The molecule has 3 rings (SSSR count). The van der Waals surface area contributed by atoms with Gasteiger partial charge in [-0.05, 0) is 30.3 Å². The predicted octanol–water partition coefficient (Wildman–Crippen LogP) is 2.88. The van der Waals surface area contributed by atoms with Crippen LogP contribution in [0.5, 0.6) is 5.75 Å². The van der Waals surface area contributed by atoms with Crippen LogP contribution in [0.25, 0.3) is 11.1 Å². The van der Waals surface area contributed by atoms with E-state index in [4.69, 9.17) is 20.8 Å². The highest BCUT2D eigenvalue weighted by Crippen LogP contribution is 2.22. The number of amides is 2. The van der Waals surface area contributed by atoms with Crippen LogP contribution in [0.2, 0.25) is 5.02 Å². The summed E-state index contributed by atoms with van der Waals surface area (Å²) in [7, 11) is 1.44. The first-order valence-corrected chi connectivity index (χ1v) is 8.22. The highest BCUT2D eigenvalue weighted by atomic mass is 35.5. The minimum atomic E-state index is -0.528. The molecule has 0 aliphatic carbocycles. The average molecular weight is 374 g/mol. The van der Waals surface area contributed by atoms with E-state index >= 15 is 0 Å². The van der Waals surface area contributed by atoms with Gasteiger partial charge < -0.3 is 9.15 Å². The van der Waals surface area contributed by atoms with Crippen molar-refractivity contribution in [2.24, 2.45) is 0 Å². The van der Waals surface area contributed by atoms with Crippen LogP contribution in [-0.2, 0) is 11.2 Å². The van der Waals surface area contributed by atoms with Gasteiger partial charge in [-0.2, -0.15) is 0 Å². The van der Waals surface area contributed by atoms with Gasteiger partial charge in [-0.25, -0.2) is 4.98 Å². The number of hydrogen-bond acceptors (Lipinski definition) is 5. The maximum atomic E-state index is 12.2. The summed E-state index contributed by atoms with van der Waals surface area (Å²) in [5.41, 5.74) is 6.32. The largest absolute Gasteiger partial charge is 0.496 e. The van der Waals surface area contributed by atoms with Gasteiger partial charge in [0.05, 0.1) is 12.7 Å². The molecule has 0 atom stereocenters. The Labute approximate surface area is 154 Å². The second kappa shape index (κ2) is 7.88. The van der Waals surface area contributed by atoms with E-state index in [1.54, 1.807) is 12.1 Å². The van der Waals surface area contributed by atoms with E-state index in [0.717, 1.165) is 5.52 Å². The molecule has 3 aromatic rings. The zero-order chi connectivity index (χ0) is 18.5. The molecule has 2 aromatic carbocycles. The van der Waals surface area contributed by atoms with Crippen LogP contribution in [0.15, 0.2) is 46.9 Å². The normalized spacial score (nSPS) is 10.5. The van der Waals surface area contributed by atoms with Crippen LogP contribution in [0, 0.1) is 0 Å². The van der Waals surface area contributed by atoms with Crippen molar-refractivity contribution in [2.75, 3.05) is 7.11 Å². The third kappa shape index (κ3) is 4.12. The molecule has 0 aliphatic heterocycles. The van der Waals surface area contributed by atoms with Crippen molar-refractivity contribution < 1.29 is 18.7 Å². The predicted molar refractivity (Wildman–Crippen MR) is 95.9 cm³/mol. The Balaban J connectivity index is 1.54. The summed E-state index contributed by atoms with van der Waals surface area (Å²) in [6, 6.07) is 12.0. The third-order valence-electron chi connectivity index (χ3n) is 3.63. The third-order valence-corrected chi connectivity index (χ3v) is 3.86. The van der Waals surface area contributed by atoms with Crippen LogP contribution >= 0.6 is 11.6 Å². The van der Waals surface area contributed by atoms with Gasteiger partial charge in [0.25, 0.3) is 5.91 Å². The number of benzene rings is 2. The van der Waals surface area contributed by atoms with Gasteiger partial charge >= 0.3 is 0 Å². The van der Waals surface area contributed by atoms with E-state index in [-0.39, 0.29) is 17.9 Å². The second-order valence-electron chi connectivity index (χ2n) is 5.42. The minimum Gasteiger partial charge on any atom is -0.496 e. The van der Waals surface area contributed by atoms with E-state index in [2.05, 4.69) is 15.8 Å². The van der Waals surface area contributed by atoms with Crippen molar-refractivity contribution in [2.45, 2.75) is 12.8 Å². The minimum absolute atomic E-state index is 0.111. The van der Waals surface area contributed by atoms with Gasteiger partial charge in [0.15, 0.2) is 11.5 Å². The van der Waals surface area contributed by atoms with Gasteiger partial charge in [0.1, 0.15) is 11.3 Å². The number of oxazole rings is 1. The molecule has 0 radical (unpaired) electrons.